The second kappa shape index (κ2) is 10.5. The Balaban J connectivity index is 1.11. The molecule has 0 saturated carbocycles. The molecule has 10 nitrogen and oxygen atoms in total. The summed E-state index contributed by atoms with van der Waals surface area (Å²) in [5.41, 5.74) is 1.00. The number of aromatic nitrogens is 2. The van der Waals surface area contributed by atoms with Gasteiger partial charge in [0.05, 0.1) is 9.80 Å². The highest BCUT2D eigenvalue weighted by atomic mass is 32.1. The minimum Gasteiger partial charge on any atom is -0.366 e. The van der Waals surface area contributed by atoms with Crippen molar-refractivity contribution in [3.63, 3.8) is 0 Å². The van der Waals surface area contributed by atoms with Crippen LogP contribution in [0.25, 0.3) is 10.7 Å². The van der Waals surface area contributed by atoms with Crippen LogP contribution in [0.3, 0.4) is 0 Å². The highest BCUT2D eigenvalue weighted by Gasteiger charge is 2.27. The summed E-state index contributed by atoms with van der Waals surface area (Å²) in [6.07, 6.45) is 3.68. The number of nitro groups is 1. The summed E-state index contributed by atoms with van der Waals surface area (Å²) in [6.45, 7) is 5.26. The third-order valence-corrected chi connectivity index (χ3v) is 7.47. The lowest BCUT2D eigenvalue weighted by atomic mass is 10.1. The van der Waals surface area contributed by atoms with Gasteiger partial charge in [-0.3, -0.25) is 19.8 Å². The first-order valence-electron chi connectivity index (χ1n) is 12.0. The number of carbonyl (C=O) groups is 1. The lowest BCUT2D eigenvalue weighted by molar-refractivity contribution is -0.384. The van der Waals surface area contributed by atoms with Crippen LogP contribution < -0.4 is 4.90 Å². The van der Waals surface area contributed by atoms with Crippen LogP contribution in [0.5, 0.6) is 0 Å². The van der Waals surface area contributed by atoms with Gasteiger partial charge in [-0.1, -0.05) is 11.2 Å². The molecule has 2 aliphatic rings. The second-order valence-electron chi connectivity index (χ2n) is 8.88. The number of hydrogen-bond acceptors (Lipinski definition) is 9. The maximum Gasteiger partial charge on any atom is 0.293 e. The number of hydrogen-bond donors (Lipinski definition) is 0. The van der Waals surface area contributed by atoms with E-state index in [0.717, 1.165) is 56.9 Å². The van der Waals surface area contributed by atoms with Gasteiger partial charge in [0.25, 0.3) is 11.6 Å². The average molecular weight is 497 g/mol. The lowest BCUT2D eigenvalue weighted by Gasteiger charge is -2.34. The predicted molar refractivity (Wildman–Crippen MR) is 133 cm³/mol. The second-order valence-corrected chi connectivity index (χ2v) is 9.83. The van der Waals surface area contributed by atoms with Crippen LogP contribution in [0.1, 0.15) is 35.5 Å². The fourth-order valence-corrected chi connectivity index (χ4v) is 5.35. The van der Waals surface area contributed by atoms with Crippen LogP contribution >= 0.6 is 11.3 Å². The predicted octanol–water partition coefficient (Wildman–Crippen LogP) is 3.70. The molecule has 11 heteroatoms. The minimum atomic E-state index is -0.380. The third-order valence-electron chi connectivity index (χ3n) is 6.60. The van der Waals surface area contributed by atoms with E-state index in [9.17, 15) is 14.9 Å². The molecule has 0 unspecified atom stereocenters. The summed E-state index contributed by atoms with van der Waals surface area (Å²) in [5, 5.41) is 17.7. The van der Waals surface area contributed by atoms with Crippen molar-refractivity contribution in [3.8, 4) is 10.7 Å². The van der Waals surface area contributed by atoms with Gasteiger partial charge < -0.3 is 14.3 Å². The number of carbonyl (C=O) groups excluding carboxylic acids is 1. The highest BCUT2D eigenvalue weighted by Crippen LogP contribution is 2.32. The van der Waals surface area contributed by atoms with Crippen molar-refractivity contribution in [1.82, 2.24) is 19.9 Å². The molecule has 0 atom stereocenters. The molecule has 2 aliphatic heterocycles. The fraction of sp³-hybridized carbons (Fsp3) is 0.458. The van der Waals surface area contributed by atoms with Gasteiger partial charge in [-0.2, -0.15) is 4.98 Å². The SMILES string of the molecule is O=C(c1ccc(N2CCCC2)c([N+](=O)[O-])c1)N1CCN(CCCc2nc(-c3cccs3)no2)CC1. The van der Waals surface area contributed by atoms with E-state index in [1.807, 2.05) is 22.4 Å². The van der Waals surface area contributed by atoms with E-state index in [0.29, 0.717) is 42.5 Å². The average Bonchev–Trinajstić information content (AvgIpc) is 3.66. The van der Waals surface area contributed by atoms with Gasteiger partial charge in [-0.05, 0) is 49.4 Å². The van der Waals surface area contributed by atoms with Crippen molar-refractivity contribution in [2.45, 2.75) is 25.7 Å². The van der Waals surface area contributed by atoms with Crippen molar-refractivity contribution < 1.29 is 14.2 Å². The molecule has 3 aromatic rings. The van der Waals surface area contributed by atoms with Crippen LogP contribution in [-0.4, -0.2) is 76.6 Å². The number of piperazine rings is 1. The fourth-order valence-electron chi connectivity index (χ4n) is 4.70. The molecule has 2 saturated heterocycles. The number of aryl methyl sites for hydroxylation is 1. The quantitative estimate of drug-likeness (QED) is 0.343. The summed E-state index contributed by atoms with van der Waals surface area (Å²) >= 11 is 1.58. The molecular weight excluding hydrogens is 468 g/mol. The Morgan fingerprint density at radius 2 is 1.91 bits per heavy atom. The smallest absolute Gasteiger partial charge is 0.293 e. The largest absolute Gasteiger partial charge is 0.366 e. The van der Waals surface area contributed by atoms with Gasteiger partial charge in [0, 0.05) is 57.3 Å². The Bertz CT molecular complexity index is 1170. The van der Waals surface area contributed by atoms with Crippen molar-refractivity contribution in [3.05, 3.63) is 57.3 Å². The number of anilines is 1. The van der Waals surface area contributed by atoms with E-state index >= 15 is 0 Å². The van der Waals surface area contributed by atoms with Gasteiger partial charge in [-0.25, -0.2) is 0 Å². The van der Waals surface area contributed by atoms with Gasteiger partial charge in [0.2, 0.25) is 11.7 Å². The zero-order chi connectivity index (χ0) is 24.2. The molecule has 2 fully saturated rings. The topological polar surface area (TPSA) is 109 Å². The van der Waals surface area contributed by atoms with Crippen LogP contribution in [0.15, 0.2) is 40.2 Å². The standard InChI is InChI=1S/C24H28N6O4S/c31-24(18-7-8-19(20(17-18)30(32)33)28-10-1-2-11-28)29-14-12-27(13-15-29)9-3-6-22-25-23(26-34-22)21-5-4-16-35-21/h4-5,7-8,16-17H,1-3,6,9-15H2. The number of thiophene rings is 1. The summed E-state index contributed by atoms with van der Waals surface area (Å²) in [7, 11) is 0. The molecule has 1 aromatic carbocycles. The first kappa shape index (κ1) is 23.4. The van der Waals surface area contributed by atoms with E-state index in [2.05, 4.69) is 15.0 Å². The Kier molecular flexibility index (Phi) is 7.05. The molecule has 5 rings (SSSR count). The zero-order valence-electron chi connectivity index (χ0n) is 19.5. The van der Waals surface area contributed by atoms with E-state index in [-0.39, 0.29) is 16.5 Å². The van der Waals surface area contributed by atoms with E-state index in [1.54, 1.807) is 28.4 Å². The zero-order valence-corrected chi connectivity index (χ0v) is 20.3. The maximum atomic E-state index is 13.1. The van der Waals surface area contributed by atoms with Gasteiger partial charge >= 0.3 is 0 Å². The van der Waals surface area contributed by atoms with Crippen molar-refractivity contribution in [2.24, 2.45) is 0 Å². The molecule has 35 heavy (non-hydrogen) atoms. The minimum absolute atomic E-state index is 0.0136. The van der Waals surface area contributed by atoms with Crippen LogP contribution in [0.2, 0.25) is 0 Å². The Labute approximate surface area is 207 Å². The van der Waals surface area contributed by atoms with Crippen LogP contribution in [-0.2, 0) is 6.42 Å². The molecule has 1 amide bonds. The highest BCUT2D eigenvalue weighted by molar-refractivity contribution is 7.13. The van der Waals surface area contributed by atoms with Crippen LogP contribution in [0, 0.1) is 10.1 Å². The van der Waals surface area contributed by atoms with Crippen molar-refractivity contribution in [2.75, 3.05) is 50.7 Å². The third kappa shape index (κ3) is 5.35. The lowest BCUT2D eigenvalue weighted by Crippen LogP contribution is -2.48. The molecule has 184 valence electrons. The Morgan fingerprint density at radius 3 is 2.63 bits per heavy atom. The molecule has 0 spiro atoms. The van der Waals surface area contributed by atoms with Gasteiger partial charge in [0.1, 0.15) is 5.69 Å². The molecule has 0 radical (unpaired) electrons. The van der Waals surface area contributed by atoms with E-state index in [4.69, 9.17) is 4.52 Å². The Morgan fingerprint density at radius 1 is 1.11 bits per heavy atom. The number of amides is 1. The first-order valence-corrected chi connectivity index (χ1v) is 12.9. The molecule has 0 bridgehead atoms. The van der Waals surface area contributed by atoms with Gasteiger partial charge in [-0.15, -0.1) is 11.3 Å². The van der Waals surface area contributed by atoms with Crippen molar-refractivity contribution in [1.29, 1.82) is 0 Å². The molecule has 0 aliphatic carbocycles. The monoisotopic (exact) mass is 496 g/mol. The van der Waals surface area contributed by atoms with E-state index in [1.165, 1.54) is 6.07 Å². The molecule has 2 aromatic heterocycles. The normalized spacial score (nSPS) is 16.7. The molecular formula is C24H28N6O4S. The molecule has 0 N–H and O–H groups in total. The first-order chi connectivity index (χ1) is 17.1. The van der Waals surface area contributed by atoms with Crippen molar-refractivity contribution >= 4 is 28.6 Å². The summed E-state index contributed by atoms with van der Waals surface area (Å²) in [6, 6.07) is 8.83. The number of benzene rings is 1. The van der Waals surface area contributed by atoms with Crippen LogP contribution in [0.4, 0.5) is 11.4 Å². The number of rotatable bonds is 8. The summed E-state index contributed by atoms with van der Waals surface area (Å²) in [5.74, 6) is 1.13. The van der Waals surface area contributed by atoms with E-state index < -0.39 is 0 Å². The van der Waals surface area contributed by atoms with Gasteiger partial charge in [0.15, 0.2) is 0 Å². The Hall–Kier alpha value is -3.31. The summed E-state index contributed by atoms with van der Waals surface area (Å²) in [4.78, 5) is 35.9. The molecule has 4 heterocycles. The number of nitro benzene ring substituents is 1. The maximum absolute atomic E-state index is 13.1. The number of nitrogens with zero attached hydrogens (tertiary/aromatic N) is 6. The summed E-state index contributed by atoms with van der Waals surface area (Å²) < 4.78 is 5.37.